The number of anilines is 1. The van der Waals surface area contributed by atoms with Crippen LogP contribution in [-0.4, -0.2) is 19.7 Å². The third-order valence-electron chi connectivity index (χ3n) is 2.79. The van der Waals surface area contributed by atoms with E-state index in [2.05, 4.69) is 15.1 Å². The second-order valence-electron chi connectivity index (χ2n) is 4.71. The minimum Gasteiger partial charge on any atom is -0.383 e. The van der Waals surface area contributed by atoms with Crippen molar-refractivity contribution < 1.29 is 13.2 Å². The van der Waals surface area contributed by atoms with Crippen molar-refractivity contribution in [3.05, 3.63) is 29.3 Å². The first-order valence-corrected chi connectivity index (χ1v) is 5.97. The molecule has 0 radical (unpaired) electrons. The number of halogens is 3. The number of nitrogen functional groups attached to an aromatic ring is 1. The van der Waals surface area contributed by atoms with Crippen molar-refractivity contribution in [3.63, 3.8) is 0 Å². The number of nitrogens with two attached hydrogens (primary N) is 1. The highest BCUT2D eigenvalue weighted by Gasteiger charge is 2.34. The zero-order valence-electron chi connectivity index (χ0n) is 11.2. The lowest BCUT2D eigenvalue weighted by Crippen LogP contribution is -2.12. The van der Waals surface area contributed by atoms with Gasteiger partial charge in [-0.2, -0.15) is 18.3 Å². The van der Waals surface area contributed by atoms with Crippen LogP contribution in [0.4, 0.5) is 19.0 Å². The van der Waals surface area contributed by atoms with Gasteiger partial charge in [-0.05, 0) is 13.0 Å². The van der Waals surface area contributed by atoms with Crippen molar-refractivity contribution in [2.75, 3.05) is 5.73 Å². The van der Waals surface area contributed by atoms with Gasteiger partial charge in [-0.25, -0.2) is 14.6 Å². The monoisotopic (exact) mass is 285 g/mol. The van der Waals surface area contributed by atoms with Crippen LogP contribution in [0, 0.1) is 6.92 Å². The van der Waals surface area contributed by atoms with Gasteiger partial charge in [0.2, 0.25) is 0 Å². The maximum atomic E-state index is 12.6. The summed E-state index contributed by atoms with van der Waals surface area (Å²) < 4.78 is 38.8. The average molecular weight is 285 g/mol. The van der Waals surface area contributed by atoms with E-state index >= 15 is 0 Å². The number of hydrogen-bond donors (Lipinski definition) is 1. The fourth-order valence-corrected chi connectivity index (χ4v) is 1.61. The minimum atomic E-state index is -4.49. The Morgan fingerprint density at radius 3 is 2.40 bits per heavy atom. The van der Waals surface area contributed by atoms with Gasteiger partial charge in [0.15, 0.2) is 11.5 Å². The number of alkyl halides is 3. The molecule has 0 aliphatic carbocycles. The smallest absolute Gasteiger partial charge is 0.383 e. The Morgan fingerprint density at radius 1 is 1.25 bits per heavy atom. The standard InChI is InChI=1S/C12H14F3N5/c1-6(2)10-17-9(16)7(3)11(18-10)20-5-4-8(19-20)12(13,14)15/h4-6H,1-3H3,(H2,16,17,18). The second-order valence-corrected chi connectivity index (χ2v) is 4.71. The zero-order valence-corrected chi connectivity index (χ0v) is 11.2. The summed E-state index contributed by atoms with van der Waals surface area (Å²) in [7, 11) is 0. The molecule has 20 heavy (non-hydrogen) atoms. The summed E-state index contributed by atoms with van der Waals surface area (Å²) >= 11 is 0. The molecule has 0 saturated heterocycles. The van der Waals surface area contributed by atoms with Gasteiger partial charge in [0.05, 0.1) is 0 Å². The van der Waals surface area contributed by atoms with Crippen molar-refractivity contribution in [2.24, 2.45) is 0 Å². The predicted octanol–water partition coefficient (Wildman–Crippen LogP) is 2.70. The van der Waals surface area contributed by atoms with Gasteiger partial charge < -0.3 is 5.73 Å². The van der Waals surface area contributed by atoms with E-state index in [4.69, 9.17) is 5.73 Å². The molecule has 108 valence electrons. The fourth-order valence-electron chi connectivity index (χ4n) is 1.61. The summed E-state index contributed by atoms with van der Waals surface area (Å²) in [6.07, 6.45) is -3.28. The largest absolute Gasteiger partial charge is 0.435 e. The summed E-state index contributed by atoms with van der Waals surface area (Å²) in [5.74, 6) is 0.973. The molecule has 0 amide bonds. The van der Waals surface area contributed by atoms with Crippen molar-refractivity contribution in [3.8, 4) is 5.82 Å². The Kier molecular flexibility index (Phi) is 3.41. The molecule has 0 aliphatic rings. The van der Waals surface area contributed by atoms with E-state index in [-0.39, 0.29) is 17.6 Å². The number of aromatic nitrogens is 4. The van der Waals surface area contributed by atoms with E-state index in [1.165, 1.54) is 6.20 Å². The van der Waals surface area contributed by atoms with Gasteiger partial charge >= 0.3 is 6.18 Å². The Morgan fingerprint density at radius 2 is 1.90 bits per heavy atom. The van der Waals surface area contributed by atoms with Crippen LogP contribution in [-0.2, 0) is 6.18 Å². The summed E-state index contributed by atoms with van der Waals surface area (Å²) in [5, 5.41) is 3.50. The highest BCUT2D eigenvalue weighted by Crippen LogP contribution is 2.28. The maximum Gasteiger partial charge on any atom is 0.435 e. The summed E-state index contributed by atoms with van der Waals surface area (Å²) in [4.78, 5) is 8.36. The quantitative estimate of drug-likeness (QED) is 0.921. The molecule has 0 aromatic carbocycles. The highest BCUT2D eigenvalue weighted by atomic mass is 19.4. The SMILES string of the molecule is Cc1c(N)nc(C(C)C)nc1-n1ccc(C(F)(F)F)n1. The normalized spacial score (nSPS) is 12.2. The number of nitrogens with zero attached hydrogens (tertiary/aromatic N) is 4. The molecule has 2 N–H and O–H groups in total. The van der Waals surface area contributed by atoms with Crippen LogP contribution in [0.5, 0.6) is 0 Å². The molecule has 2 aromatic rings. The minimum absolute atomic E-state index is 0.00861. The molecule has 0 saturated carbocycles. The van der Waals surface area contributed by atoms with Crippen LogP contribution in [0.2, 0.25) is 0 Å². The molecule has 0 spiro atoms. The van der Waals surface area contributed by atoms with Crippen LogP contribution in [0.25, 0.3) is 5.82 Å². The second kappa shape index (κ2) is 4.77. The molecular formula is C12H14F3N5. The van der Waals surface area contributed by atoms with E-state index in [1.54, 1.807) is 6.92 Å². The molecule has 0 atom stereocenters. The molecule has 2 rings (SSSR count). The molecule has 2 aromatic heterocycles. The summed E-state index contributed by atoms with van der Waals surface area (Å²) in [6, 6.07) is 0.896. The fraction of sp³-hybridized carbons (Fsp3) is 0.417. The van der Waals surface area contributed by atoms with Crippen molar-refractivity contribution in [2.45, 2.75) is 32.9 Å². The molecule has 8 heteroatoms. The Labute approximate surface area is 113 Å². The summed E-state index contributed by atoms with van der Waals surface area (Å²) in [5.41, 5.74) is 5.29. The van der Waals surface area contributed by atoms with Crippen molar-refractivity contribution >= 4 is 5.82 Å². The third-order valence-corrected chi connectivity index (χ3v) is 2.79. The average Bonchev–Trinajstić information content (AvgIpc) is 2.81. The van der Waals surface area contributed by atoms with Crippen LogP contribution in [0.15, 0.2) is 12.3 Å². The number of hydrogen-bond acceptors (Lipinski definition) is 4. The van der Waals surface area contributed by atoms with E-state index in [9.17, 15) is 13.2 Å². The molecule has 5 nitrogen and oxygen atoms in total. The molecule has 2 heterocycles. The molecule has 0 fully saturated rings. The van der Waals surface area contributed by atoms with E-state index < -0.39 is 11.9 Å². The molecular weight excluding hydrogens is 271 g/mol. The van der Waals surface area contributed by atoms with Gasteiger partial charge in [0.25, 0.3) is 0 Å². The Hall–Kier alpha value is -2.12. The lowest BCUT2D eigenvalue weighted by atomic mass is 10.2. The predicted molar refractivity (Wildman–Crippen MR) is 67.4 cm³/mol. The van der Waals surface area contributed by atoms with Gasteiger partial charge in [0.1, 0.15) is 11.6 Å². The van der Waals surface area contributed by atoms with Gasteiger partial charge in [-0.1, -0.05) is 13.8 Å². The highest BCUT2D eigenvalue weighted by molar-refractivity contribution is 5.48. The first kappa shape index (κ1) is 14.3. The van der Waals surface area contributed by atoms with Crippen molar-refractivity contribution in [1.29, 1.82) is 0 Å². The number of rotatable bonds is 2. The van der Waals surface area contributed by atoms with Gasteiger partial charge in [-0.3, -0.25) is 0 Å². The molecule has 0 aliphatic heterocycles. The zero-order chi connectivity index (χ0) is 15.1. The topological polar surface area (TPSA) is 69.6 Å². The van der Waals surface area contributed by atoms with Crippen molar-refractivity contribution in [1.82, 2.24) is 19.7 Å². The lowest BCUT2D eigenvalue weighted by Gasteiger charge is -2.11. The molecule has 0 bridgehead atoms. The van der Waals surface area contributed by atoms with Crippen LogP contribution >= 0.6 is 0 Å². The molecule has 0 unspecified atom stereocenters. The van der Waals surface area contributed by atoms with Crippen LogP contribution in [0.1, 0.15) is 36.8 Å². The van der Waals surface area contributed by atoms with E-state index in [1.807, 2.05) is 13.8 Å². The van der Waals surface area contributed by atoms with Gasteiger partial charge in [0, 0.05) is 17.7 Å². The van der Waals surface area contributed by atoms with E-state index in [0.29, 0.717) is 11.4 Å². The first-order valence-electron chi connectivity index (χ1n) is 5.97. The summed E-state index contributed by atoms with van der Waals surface area (Å²) in [6.45, 7) is 5.39. The maximum absolute atomic E-state index is 12.6. The van der Waals surface area contributed by atoms with Crippen LogP contribution in [0.3, 0.4) is 0 Å². The first-order chi connectivity index (χ1) is 9.20. The Balaban J connectivity index is 2.55. The lowest BCUT2D eigenvalue weighted by molar-refractivity contribution is -0.141. The van der Waals surface area contributed by atoms with Gasteiger partial charge in [-0.15, -0.1) is 0 Å². The third kappa shape index (κ3) is 2.59. The van der Waals surface area contributed by atoms with E-state index in [0.717, 1.165) is 10.7 Å². The Bertz CT molecular complexity index is 631. The van der Waals surface area contributed by atoms with Crippen LogP contribution < -0.4 is 5.73 Å².